The lowest BCUT2D eigenvalue weighted by Gasteiger charge is -2.36. The number of carbonyl (C=O) groups excluding carboxylic acids is 3. The van der Waals surface area contributed by atoms with Crippen LogP contribution in [0, 0.1) is 5.92 Å². The molecule has 18 nitrogen and oxygen atoms in total. The average Bonchev–Trinajstić information content (AvgIpc) is 3.71. The Kier molecular flexibility index (Phi) is 15.3. The van der Waals surface area contributed by atoms with Crippen LogP contribution in [0.25, 0.3) is 22.0 Å². The molecule has 0 bridgehead atoms. The van der Waals surface area contributed by atoms with Crippen molar-refractivity contribution < 1.29 is 28.1 Å². The van der Waals surface area contributed by atoms with Crippen molar-refractivity contribution in [1.29, 1.82) is 0 Å². The highest BCUT2D eigenvalue weighted by atomic mass is 79.9. The Balaban J connectivity index is 0.771. The number of rotatable bonds is 17. The standard InChI is InChI=1S/C52H63BrN11O7P/c1-6-31-28-39(59-51-56-30-36(53)48(61-51)58-38-15-14-37-35(47(38)72(4,5)69)13-12-33(7-2)57-37)44(70-8-3)29-43(31)63-26-20-34(21-27-63)54-22-23-55-49(66)32-18-24-62(25-19-32)40-10-9-11-41-46(40)71-52(68)64(41)42-16-17-45(65)60-50(42)67/h9-15,28-30,32,34,42,54H,6-8,16-27H2,1-5H3,(H,55,66)(H,60,65,67)(H2,56,58,59,61). The van der Waals surface area contributed by atoms with E-state index in [2.05, 4.69) is 83.3 Å². The van der Waals surface area contributed by atoms with Gasteiger partial charge in [-0.25, -0.2) is 9.78 Å². The van der Waals surface area contributed by atoms with Gasteiger partial charge in [0.05, 0.1) is 39.2 Å². The zero-order valence-electron chi connectivity index (χ0n) is 41.5. The van der Waals surface area contributed by atoms with Gasteiger partial charge in [0.15, 0.2) is 5.58 Å². The summed E-state index contributed by atoms with van der Waals surface area (Å²) in [6, 6.07) is 17.1. The number of hydrogen-bond acceptors (Lipinski definition) is 15. The number of hydrogen-bond donors (Lipinski definition) is 5. The van der Waals surface area contributed by atoms with Crippen LogP contribution in [0.3, 0.4) is 0 Å². The molecular weight excluding hydrogens is 1000 g/mol. The molecule has 3 aliphatic heterocycles. The predicted molar refractivity (Wildman–Crippen MR) is 287 cm³/mol. The first-order chi connectivity index (χ1) is 34.7. The highest BCUT2D eigenvalue weighted by Gasteiger charge is 2.33. The summed E-state index contributed by atoms with van der Waals surface area (Å²) in [4.78, 5) is 69.4. The topological polar surface area (TPSA) is 218 Å². The van der Waals surface area contributed by atoms with Gasteiger partial charge in [-0.1, -0.05) is 26.0 Å². The van der Waals surface area contributed by atoms with E-state index in [0.29, 0.717) is 90.4 Å². The molecule has 1 atom stereocenters. The molecule has 0 saturated carbocycles. The summed E-state index contributed by atoms with van der Waals surface area (Å²) < 4.78 is 27.7. The van der Waals surface area contributed by atoms with Gasteiger partial charge in [-0.3, -0.25) is 29.3 Å². The van der Waals surface area contributed by atoms with Gasteiger partial charge in [-0.15, -0.1) is 0 Å². The maximum atomic E-state index is 13.8. The normalized spacial score (nSPS) is 17.1. The first kappa shape index (κ1) is 50.6. The Bertz CT molecular complexity index is 3120. The van der Waals surface area contributed by atoms with E-state index in [9.17, 15) is 23.7 Å². The van der Waals surface area contributed by atoms with Crippen LogP contribution in [0.1, 0.15) is 76.6 Å². The number of nitrogens with one attached hydrogen (secondary N) is 5. The predicted octanol–water partition coefficient (Wildman–Crippen LogP) is 7.52. The van der Waals surface area contributed by atoms with Crippen molar-refractivity contribution in [2.24, 2.45) is 5.92 Å². The van der Waals surface area contributed by atoms with Crippen molar-refractivity contribution >= 4 is 103 Å². The highest BCUT2D eigenvalue weighted by Crippen LogP contribution is 2.43. The zero-order valence-corrected chi connectivity index (χ0v) is 44.0. The van der Waals surface area contributed by atoms with Crippen LogP contribution in [0.2, 0.25) is 0 Å². The van der Waals surface area contributed by atoms with E-state index in [4.69, 9.17) is 19.1 Å². The van der Waals surface area contributed by atoms with E-state index in [0.717, 1.165) is 77.7 Å². The molecule has 0 spiro atoms. The third-order valence-electron chi connectivity index (χ3n) is 13.9. The molecule has 380 valence electrons. The highest BCUT2D eigenvalue weighted by molar-refractivity contribution is 9.10. The van der Waals surface area contributed by atoms with Gasteiger partial charge in [-0.05, 0) is 123 Å². The van der Waals surface area contributed by atoms with Crippen molar-refractivity contribution in [3.63, 3.8) is 0 Å². The van der Waals surface area contributed by atoms with Crippen LogP contribution in [-0.2, 0) is 31.8 Å². The van der Waals surface area contributed by atoms with Crippen LogP contribution in [0.5, 0.6) is 5.75 Å². The van der Waals surface area contributed by atoms with Gasteiger partial charge < -0.3 is 44.8 Å². The fourth-order valence-electron chi connectivity index (χ4n) is 10.3. The summed E-state index contributed by atoms with van der Waals surface area (Å²) in [7, 11) is -2.75. The van der Waals surface area contributed by atoms with Crippen molar-refractivity contribution in [2.45, 2.75) is 84.2 Å². The van der Waals surface area contributed by atoms with Gasteiger partial charge in [-0.2, -0.15) is 4.98 Å². The number of aryl methyl sites for hydroxylation is 2. The largest absolute Gasteiger partial charge is 0.492 e. The lowest BCUT2D eigenvalue weighted by Crippen LogP contribution is -2.46. The Labute approximate surface area is 427 Å². The third kappa shape index (κ3) is 10.9. The molecule has 3 aromatic heterocycles. The van der Waals surface area contributed by atoms with E-state index in [1.54, 1.807) is 25.6 Å². The van der Waals surface area contributed by atoms with Gasteiger partial charge >= 0.3 is 5.76 Å². The first-order valence-electron chi connectivity index (χ1n) is 25.1. The van der Waals surface area contributed by atoms with Crippen LogP contribution >= 0.6 is 23.1 Å². The molecule has 9 rings (SSSR count). The maximum Gasteiger partial charge on any atom is 0.420 e. The zero-order chi connectivity index (χ0) is 50.7. The van der Waals surface area contributed by atoms with E-state index >= 15 is 0 Å². The number of fused-ring (bicyclic) bond motifs is 2. The number of para-hydroxylation sites is 1. The van der Waals surface area contributed by atoms with E-state index < -0.39 is 24.8 Å². The number of benzene rings is 3. The lowest BCUT2D eigenvalue weighted by atomic mass is 9.95. The number of carbonyl (C=O) groups is 3. The molecular formula is C52H63BrN11O7P. The Morgan fingerprint density at radius 2 is 1.64 bits per heavy atom. The number of nitrogens with zero attached hydrogens (tertiary/aromatic N) is 6. The van der Waals surface area contributed by atoms with Gasteiger partial charge in [0, 0.05) is 92.0 Å². The number of ether oxygens (including phenoxy) is 1. The Hall–Kier alpha value is -6.30. The molecule has 3 amide bonds. The SMILES string of the molecule is CCOc1cc(N2CCC(NCCNC(=O)C3CCN(c4cccc5c4oc(=O)n5C4CCC(=O)NC4=O)CC3)CC2)c(CC)cc1Nc1ncc(Br)c(Nc2ccc3nc(CC)ccc3c2P(C)(C)=O)n1. The van der Waals surface area contributed by atoms with E-state index in [-0.39, 0.29) is 30.6 Å². The number of halogens is 1. The quantitative estimate of drug-likeness (QED) is 0.0339. The summed E-state index contributed by atoms with van der Waals surface area (Å²) in [5.41, 5.74) is 7.22. The second-order valence-electron chi connectivity index (χ2n) is 19.0. The number of pyridine rings is 1. The molecule has 6 heterocycles. The molecule has 0 radical (unpaired) electrons. The molecule has 5 N–H and O–H groups in total. The van der Waals surface area contributed by atoms with Crippen LogP contribution in [0.4, 0.5) is 34.5 Å². The molecule has 3 saturated heterocycles. The van der Waals surface area contributed by atoms with E-state index in [1.165, 1.54) is 10.1 Å². The number of amides is 3. The van der Waals surface area contributed by atoms with Gasteiger partial charge in [0.2, 0.25) is 23.7 Å². The first-order valence-corrected chi connectivity index (χ1v) is 28.5. The van der Waals surface area contributed by atoms with E-state index in [1.807, 2.05) is 43.3 Å². The van der Waals surface area contributed by atoms with Crippen molar-refractivity contribution in [3.8, 4) is 5.75 Å². The molecule has 3 aromatic carbocycles. The summed E-state index contributed by atoms with van der Waals surface area (Å²) in [6.45, 7) is 14.4. The van der Waals surface area contributed by atoms with Crippen molar-refractivity contribution in [3.05, 3.63) is 87.1 Å². The Morgan fingerprint density at radius 3 is 2.36 bits per heavy atom. The molecule has 1 unspecified atom stereocenters. The van der Waals surface area contributed by atoms with Crippen LogP contribution in [-0.4, -0.2) is 102 Å². The lowest BCUT2D eigenvalue weighted by molar-refractivity contribution is -0.135. The van der Waals surface area contributed by atoms with Gasteiger partial charge in [0.25, 0.3) is 0 Å². The number of aromatic nitrogens is 4. The molecule has 20 heteroatoms. The number of anilines is 6. The molecule has 0 aliphatic carbocycles. The van der Waals surface area contributed by atoms with Crippen molar-refractivity contribution in [2.75, 3.05) is 79.6 Å². The molecule has 72 heavy (non-hydrogen) atoms. The summed E-state index contributed by atoms with van der Waals surface area (Å²) in [5.74, 6) is 0.0281. The maximum absolute atomic E-state index is 13.8. The second kappa shape index (κ2) is 21.8. The average molecular weight is 1070 g/mol. The monoisotopic (exact) mass is 1060 g/mol. The fourth-order valence-corrected chi connectivity index (χ4v) is 12.0. The summed E-state index contributed by atoms with van der Waals surface area (Å²) in [5, 5.41) is 17.6. The number of piperidine rings is 3. The van der Waals surface area contributed by atoms with Crippen LogP contribution < -0.4 is 52.2 Å². The van der Waals surface area contributed by atoms with Crippen molar-refractivity contribution in [1.82, 2.24) is 35.5 Å². The second-order valence-corrected chi connectivity index (χ2v) is 23.0. The minimum atomic E-state index is -2.75. The minimum absolute atomic E-state index is 0.0444. The Morgan fingerprint density at radius 1 is 0.875 bits per heavy atom. The summed E-state index contributed by atoms with van der Waals surface area (Å²) in [6.07, 6.45) is 6.91. The van der Waals surface area contributed by atoms with Gasteiger partial charge in [0.1, 0.15) is 24.8 Å². The summed E-state index contributed by atoms with van der Waals surface area (Å²) >= 11 is 3.63. The number of imide groups is 1. The third-order valence-corrected chi connectivity index (χ3v) is 16.1. The molecule has 3 fully saturated rings. The fraction of sp³-hybridized carbons (Fsp3) is 0.442. The minimum Gasteiger partial charge on any atom is -0.492 e. The smallest absolute Gasteiger partial charge is 0.420 e. The molecule has 6 aromatic rings. The van der Waals surface area contributed by atoms with Crippen LogP contribution in [0.15, 0.2) is 74.5 Å². The molecule has 3 aliphatic rings. The number of oxazole rings is 1.